The molecule has 1 heterocycles. The Bertz CT molecular complexity index is 1910. The van der Waals surface area contributed by atoms with Crippen LogP contribution < -0.4 is 15.8 Å². The van der Waals surface area contributed by atoms with Gasteiger partial charge in [0.05, 0.1) is 5.69 Å². The van der Waals surface area contributed by atoms with E-state index in [1.165, 1.54) is 22.0 Å². The van der Waals surface area contributed by atoms with Gasteiger partial charge in [0.25, 0.3) is 0 Å². The Labute approximate surface area is 272 Å². The fraction of sp³-hybridized carbons (Fsp3) is 0. The number of anilines is 3. The van der Waals surface area contributed by atoms with Crippen LogP contribution in [0.2, 0.25) is 0 Å². The molecule has 2 nitrogen and oxygen atoms in total. The highest BCUT2D eigenvalue weighted by Crippen LogP contribution is 2.35. The third-order valence-corrected chi connectivity index (χ3v) is 8.26. The molecule has 0 amide bonds. The number of para-hydroxylation sites is 2. The number of rotatable bonds is 9. The van der Waals surface area contributed by atoms with Crippen molar-refractivity contribution in [1.82, 2.24) is 4.98 Å². The van der Waals surface area contributed by atoms with Crippen molar-refractivity contribution in [2.45, 2.75) is 0 Å². The molecular formula is C43H33BN2. The Kier molecular flexibility index (Phi) is 8.65. The van der Waals surface area contributed by atoms with Crippen molar-refractivity contribution >= 4 is 46.2 Å². The van der Waals surface area contributed by atoms with Gasteiger partial charge in [-0.15, -0.1) is 0 Å². The van der Waals surface area contributed by atoms with Gasteiger partial charge in [-0.25, -0.2) is 0 Å². The van der Waals surface area contributed by atoms with Crippen molar-refractivity contribution < 1.29 is 0 Å². The van der Waals surface area contributed by atoms with Crippen LogP contribution in [0.5, 0.6) is 0 Å². The second kappa shape index (κ2) is 13.8. The zero-order chi connectivity index (χ0) is 31.0. The normalized spacial score (nSPS) is 11.2. The molecule has 0 bridgehead atoms. The average Bonchev–Trinajstić information content (AvgIpc) is 3.14. The average molecular weight is 589 g/mol. The van der Waals surface area contributed by atoms with Crippen molar-refractivity contribution in [3.05, 3.63) is 206 Å². The van der Waals surface area contributed by atoms with Crippen LogP contribution >= 0.6 is 0 Å². The van der Waals surface area contributed by atoms with Gasteiger partial charge in [-0.1, -0.05) is 162 Å². The van der Waals surface area contributed by atoms with Crippen LogP contribution in [-0.2, 0) is 0 Å². The van der Waals surface area contributed by atoms with Gasteiger partial charge in [0.15, 0.2) is 0 Å². The van der Waals surface area contributed by atoms with Gasteiger partial charge >= 0.3 is 0 Å². The van der Waals surface area contributed by atoms with E-state index in [0.717, 1.165) is 33.9 Å². The van der Waals surface area contributed by atoms with Crippen molar-refractivity contribution in [1.29, 1.82) is 0 Å². The number of nitrogens with zero attached hydrogens (tertiary/aromatic N) is 2. The monoisotopic (exact) mass is 588 g/mol. The smallest absolute Gasteiger partial charge is 0.242 e. The maximum absolute atomic E-state index is 4.96. The van der Waals surface area contributed by atoms with Gasteiger partial charge in [0, 0.05) is 28.8 Å². The molecule has 0 radical (unpaired) electrons. The summed E-state index contributed by atoms with van der Waals surface area (Å²) in [6.45, 7) is 0.0657. The van der Waals surface area contributed by atoms with Crippen LogP contribution in [0.3, 0.4) is 0 Å². The Balaban J connectivity index is 1.22. The first-order chi connectivity index (χ1) is 22.8. The van der Waals surface area contributed by atoms with Gasteiger partial charge in [-0.05, 0) is 59.7 Å². The molecule has 0 N–H and O–H groups in total. The first kappa shape index (κ1) is 28.8. The van der Waals surface area contributed by atoms with Crippen LogP contribution in [0, 0.1) is 0 Å². The van der Waals surface area contributed by atoms with E-state index in [1.807, 2.05) is 18.3 Å². The third-order valence-electron chi connectivity index (χ3n) is 8.26. The van der Waals surface area contributed by atoms with Crippen molar-refractivity contribution in [3.8, 4) is 11.1 Å². The Morgan fingerprint density at radius 1 is 0.435 bits per heavy atom. The molecule has 0 aliphatic carbocycles. The maximum Gasteiger partial charge on any atom is 0.242 e. The lowest BCUT2D eigenvalue weighted by Gasteiger charge is -2.25. The molecule has 7 rings (SSSR count). The highest BCUT2D eigenvalue weighted by molar-refractivity contribution is 7.00. The van der Waals surface area contributed by atoms with Gasteiger partial charge in [-0.3, -0.25) is 4.98 Å². The van der Waals surface area contributed by atoms with E-state index in [2.05, 4.69) is 187 Å². The summed E-state index contributed by atoms with van der Waals surface area (Å²) in [5.74, 6) is 0. The summed E-state index contributed by atoms with van der Waals surface area (Å²) in [7, 11) is 0. The molecule has 0 aliphatic heterocycles. The van der Waals surface area contributed by atoms with Crippen LogP contribution in [0.25, 0.3) is 22.7 Å². The first-order valence-electron chi connectivity index (χ1n) is 15.7. The lowest BCUT2D eigenvalue weighted by Crippen LogP contribution is -2.43. The molecule has 0 atom stereocenters. The predicted octanol–water partition coefficient (Wildman–Crippen LogP) is 9.61. The second-order valence-corrected chi connectivity index (χ2v) is 11.2. The highest BCUT2D eigenvalue weighted by atomic mass is 15.1. The van der Waals surface area contributed by atoms with E-state index < -0.39 is 0 Å². The molecular weight excluding hydrogens is 555 g/mol. The summed E-state index contributed by atoms with van der Waals surface area (Å²) in [5.41, 5.74) is 11.4. The third kappa shape index (κ3) is 6.45. The van der Waals surface area contributed by atoms with Crippen molar-refractivity contribution in [3.63, 3.8) is 0 Å². The van der Waals surface area contributed by atoms with Crippen LogP contribution in [-0.4, -0.2) is 11.7 Å². The lowest BCUT2D eigenvalue weighted by molar-refractivity contribution is 1.28. The van der Waals surface area contributed by atoms with E-state index in [1.54, 1.807) is 0 Å². The largest absolute Gasteiger partial charge is 0.311 e. The van der Waals surface area contributed by atoms with Crippen molar-refractivity contribution in [2.75, 3.05) is 4.90 Å². The van der Waals surface area contributed by atoms with E-state index in [4.69, 9.17) is 4.98 Å². The van der Waals surface area contributed by atoms with Crippen LogP contribution in [0.1, 0.15) is 11.3 Å². The summed E-state index contributed by atoms with van der Waals surface area (Å²) < 4.78 is 0. The van der Waals surface area contributed by atoms with Crippen LogP contribution in [0.15, 0.2) is 194 Å². The molecule has 0 saturated heterocycles. The fourth-order valence-electron chi connectivity index (χ4n) is 6.03. The van der Waals surface area contributed by atoms with Gasteiger partial charge < -0.3 is 4.90 Å². The fourth-order valence-corrected chi connectivity index (χ4v) is 6.03. The summed E-state index contributed by atoms with van der Waals surface area (Å²) in [6.07, 6.45) is 4.22. The molecule has 0 unspecified atom stereocenters. The molecule has 6 aromatic carbocycles. The Morgan fingerprint density at radius 3 is 1.35 bits per heavy atom. The summed E-state index contributed by atoms with van der Waals surface area (Å²) in [5, 5.41) is 0. The standard InChI is InChI=1S/C43H33BN2/c1-6-16-35(17-7-1)43(44(37-18-8-2-9-19-37)38-20-10-3-11-21-38)32-39-29-26-36(33-45-39)34-27-30-42(31-28-34)46(40-22-12-4-13-23-40)41-24-14-5-15-25-41/h1-33H. The molecule has 1 aromatic heterocycles. The lowest BCUT2D eigenvalue weighted by atomic mass is 9.35. The van der Waals surface area contributed by atoms with Crippen molar-refractivity contribution in [2.24, 2.45) is 0 Å². The summed E-state index contributed by atoms with van der Waals surface area (Å²) >= 11 is 0. The van der Waals surface area contributed by atoms with E-state index in [9.17, 15) is 0 Å². The first-order valence-corrected chi connectivity index (χ1v) is 15.7. The molecule has 46 heavy (non-hydrogen) atoms. The second-order valence-electron chi connectivity index (χ2n) is 11.2. The number of hydrogen-bond acceptors (Lipinski definition) is 2. The molecule has 0 fully saturated rings. The minimum absolute atomic E-state index is 0.0657. The minimum Gasteiger partial charge on any atom is -0.311 e. The van der Waals surface area contributed by atoms with E-state index in [0.29, 0.717) is 0 Å². The maximum atomic E-state index is 4.96. The topological polar surface area (TPSA) is 16.1 Å². The number of aromatic nitrogens is 1. The number of benzene rings is 6. The van der Waals surface area contributed by atoms with Gasteiger partial charge in [-0.2, -0.15) is 0 Å². The van der Waals surface area contributed by atoms with Gasteiger partial charge in [0.1, 0.15) is 0 Å². The van der Waals surface area contributed by atoms with Crippen LogP contribution in [0.4, 0.5) is 17.1 Å². The molecule has 7 aromatic rings. The van der Waals surface area contributed by atoms with E-state index in [-0.39, 0.29) is 6.71 Å². The number of hydrogen-bond donors (Lipinski definition) is 0. The molecule has 3 heteroatoms. The molecule has 0 aliphatic rings. The Hall–Kier alpha value is -5.93. The molecule has 0 spiro atoms. The predicted molar refractivity (Wildman–Crippen MR) is 197 cm³/mol. The number of pyridine rings is 1. The summed E-state index contributed by atoms with van der Waals surface area (Å²) in [4.78, 5) is 7.23. The Morgan fingerprint density at radius 2 is 0.870 bits per heavy atom. The minimum atomic E-state index is 0.0657. The highest BCUT2D eigenvalue weighted by Gasteiger charge is 2.25. The SMILES string of the molecule is C(=C(B(c1ccccc1)c1ccccc1)c1ccccc1)c1ccc(-c2ccc(N(c3ccccc3)c3ccccc3)cc2)cn1. The van der Waals surface area contributed by atoms with Gasteiger partial charge in [0.2, 0.25) is 6.71 Å². The zero-order valence-corrected chi connectivity index (χ0v) is 25.5. The molecule has 218 valence electrons. The quantitative estimate of drug-likeness (QED) is 0.156. The van der Waals surface area contributed by atoms with E-state index >= 15 is 0 Å². The zero-order valence-electron chi connectivity index (χ0n) is 25.5. The summed E-state index contributed by atoms with van der Waals surface area (Å²) in [6, 6.07) is 66.1. The molecule has 0 saturated carbocycles.